The summed E-state index contributed by atoms with van der Waals surface area (Å²) in [5, 5.41) is 8.35. The molecule has 5 rings (SSSR count). The van der Waals surface area contributed by atoms with Gasteiger partial charge in [0.2, 0.25) is 11.8 Å². The summed E-state index contributed by atoms with van der Waals surface area (Å²) in [5.41, 5.74) is 0.0544. The van der Waals surface area contributed by atoms with E-state index in [0.29, 0.717) is 36.8 Å². The first-order valence-electron chi connectivity index (χ1n) is 14.7. The molecule has 6 radical (unpaired) electrons. The second-order valence-electron chi connectivity index (χ2n) is 12.0. The van der Waals surface area contributed by atoms with Crippen molar-refractivity contribution in [3.8, 4) is 23.1 Å². The number of benzene rings is 2. The summed E-state index contributed by atoms with van der Waals surface area (Å²) in [7, 11) is 17.2. The van der Waals surface area contributed by atoms with Crippen molar-refractivity contribution in [2.75, 3.05) is 18.4 Å². The second-order valence-corrected chi connectivity index (χ2v) is 12.0. The average molecular weight is 633 g/mol. The van der Waals surface area contributed by atoms with Gasteiger partial charge in [-0.1, -0.05) is 6.58 Å². The highest BCUT2D eigenvalue weighted by molar-refractivity contribution is 6.58. The van der Waals surface area contributed by atoms with E-state index < -0.39 is 22.7 Å². The molecule has 2 aromatic carbocycles. The van der Waals surface area contributed by atoms with Gasteiger partial charge in [0.15, 0.2) is 11.5 Å². The highest BCUT2D eigenvalue weighted by Crippen LogP contribution is 2.38. The summed E-state index contributed by atoms with van der Waals surface area (Å²) in [4.78, 5) is 34.6. The minimum atomic E-state index is -2.01. The van der Waals surface area contributed by atoms with Crippen LogP contribution in [0.3, 0.4) is 0 Å². The highest BCUT2D eigenvalue weighted by atomic mass is 19.1. The van der Waals surface area contributed by atoms with Crippen LogP contribution in [-0.4, -0.2) is 90.2 Å². The second kappa shape index (κ2) is 13.4. The van der Waals surface area contributed by atoms with E-state index in [1.165, 1.54) is 42.9 Å². The van der Waals surface area contributed by atoms with E-state index in [-0.39, 0.29) is 46.6 Å². The summed E-state index contributed by atoms with van der Waals surface area (Å²) in [6, 6.07) is 8.42. The van der Waals surface area contributed by atoms with Gasteiger partial charge in [-0.2, -0.15) is 4.68 Å². The van der Waals surface area contributed by atoms with Gasteiger partial charge in [0, 0.05) is 61.3 Å². The van der Waals surface area contributed by atoms with Crippen molar-refractivity contribution < 1.29 is 28.2 Å². The zero-order valence-corrected chi connectivity index (χ0v) is 26.2. The minimum absolute atomic E-state index is 0.0966. The van der Waals surface area contributed by atoms with Crippen LogP contribution in [0.25, 0.3) is 10.9 Å². The smallest absolute Gasteiger partial charge is 0.342 e. The number of carbonyl (C=O) groups excluding carboxylic acids is 2. The maximum absolute atomic E-state index is 15.3. The van der Waals surface area contributed by atoms with E-state index in [2.05, 4.69) is 32.3 Å². The number of ether oxygens (including phenoxy) is 3. The summed E-state index contributed by atoms with van der Waals surface area (Å²) in [6.07, 6.45) is 4.86. The largest absolute Gasteiger partial charge is 0.512 e. The van der Waals surface area contributed by atoms with Crippen molar-refractivity contribution in [3.63, 3.8) is 0 Å². The summed E-state index contributed by atoms with van der Waals surface area (Å²) < 4.78 is 33.9. The Morgan fingerprint density at radius 3 is 2.47 bits per heavy atom. The van der Waals surface area contributed by atoms with E-state index >= 15 is 4.39 Å². The Balaban J connectivity index is 1.36. The lowest BCUT2D eigenvalue weighted by Gasteiger charge is -2.32. The first kappa shape index (κ1) is 33.4. The molecule has 12 nitrogen and oxygen atoms in total. The monoisotopic (exact) mass is 633 g/mol. The van der Waals surface area contributed by atoms with Crippen LogP contribution < -0.4 is 24.8 Å². The Hall–Kier alpha value is -5.01. The van der Waals surface area contributed by atoms with Crippen LogP contribution in [-0.2, 0) is 4.79 Å². The minimum Gasteiger partial charge on any atom is -0.512 e. The van der Waals surface area contributed by atoms with Gasteiger partial charge in [-0.25, -0.2) is 19.2 Å². The third-order valence-corrected chi connectivity index (χ3v) is 6.88. The first-order valence-corrected chi connectivity index (χ1v) is 14.7. The Bertz CT molecular complexity index is 1800. The summed E-state index contributed by atoms with van der Waals surface area (Å²) in [6.45, 7) is 10.1. The number of carbonyl (C=O) groups is 2. The van der Waals surface area contributed by atoms with Gasteiger partial charge in [-0.15, -0.1) is 5.10 Å². The number of anilines is 2. The molecule has 4 aromatic rings. The zero-order chi connectivity index (χ0) is 33.9. The standard InChI is InChI=1S/C31H31B3FN7O5/c1-5-27(43)41-11-8-18(9-12-41)45-24-15-20-23(16-25(24)47-31(32,33)34)36-17-37-28(20)38-22-7-6-19(14-21(22)35)46-26-10-13-42(40-26)29(44)39-30(2,3)4/h5-7,10,13-18H,1,8-9,11-12H2,2-4H3,(H,39,44)(H,36,37,38). The van der Waals surface area contributed by atoms with Gasteiger partial charge in [-0.3, -0.25) is 4.79 Å². The average Bonchev–Trinajstić information content (AvgIpc) is 3.46. The van der Waals surface area contributed by atoms with E-state index in [4.69, 9.17) is 37.7 Å². The Morgan fingerprint density at radius 2 is 1.81 bits per heavy atom. The lowest BCUT2D eigenvalue weighted by molar-refractivity contribution is -0.127. The number of halogens is 1. The van der Waals surface area contributed by atoms with E-state index in [1.807, 2.05) is 20.8 Å². The molecule has 3 heterocycles. The van der Waals surface area contributed by atoms with Crippen LogP contribution in [0.4, 0.5) is 20.7 Å². The molecule has 1 saturated heterocycles. The number of piperidine rings is 1. The van der Waals surface area contributed by atoms with Gasteiger partial charge in [0.1, 0.15) is 53.4 Å². The molecule has 2 amide bonds. The van der Waals surface area contributed by atoms with Crippen LogP contribution in [0.5, 0.6) is 23.1 Å². The Kier molecular flexibility index (Phi) is 9.50. The number of hydrogen-bond acceptors (Lipinski definition) is 9. The molecule has 236 valence electrons. The van der Waals surface area contributed by atoms with Crippen molar-refractivity contribution in [2.45, 2.75) is 50.6 Å². The fourth-order valence-electron chi connectivity index (χ4n) is 4.79. The third kappa shape index (κ3) is 8.63. The predicted octanol–water partition coefficient (Wildman–Crippen LogP) is 3.91. The molecule has 2 N–H and O–H groups in total. The van der Waals surface area contributed by atoms with Gasteiger partial charge in [0.05, 0.1) is 11.2 Å². The van der Waals surface area contributed by atoms with Gasteiger partial charge in [0.25, 0.3) is 0 Å². The number of aromatic nitrogens is 4. The summed E-state index contributed by atoms with van der Waals surface area (Å²) >= 11 is 0. The van der Waals surface area contributed by atoms with Crippen molar-refractivity contribution in [1.82, 2.24) is 30.0 Å². The number of likely N-dealkylation sites (tertiary alicyclic amines) is 1. The van der Waals surface area contributed by atoms with Crippen molar-refractivity contribution in [3.05, 3.63) is 67.4 Å². The number of nitrogens with zero attached hydrogens (tertiary/aromatic N) is 5. The molecule has 1 aliphatic heterocycles. The molecule has 0 atom stereocenters. The highest BCUT2D eigenvalue weighted by Gasteiger charge is 2.25. The molecule has 16 heteroatoms. The molecule has 0 spiro atoms. The van der Waals surface area contributed by atoms with Gasteiger partial charge < -0.3 is 29.7 Å². The number of amides is 2. The zero-order valence-electron chi connectivity index (χ0n) is 26.2. The quantitative estimate of drug-likeness (QED) is 0.208. The number of nitrogens with one attached hydrogen (secondary N) is 2. The summed E-state index contributed by atoms with van der Waals surface area (Å²) in [5.74, 6) is 0.155. The van der Waals surface area contributed by atoms with Crippen molar-refractivity contribution >= 4 is 57.9 Å². The molecule has 0 aliphatic carbocycles. The van der Waals surface area contributed by atoms with E-state index in [9.17, 15) is 9.59 Å². The molecule has 47 heavy (non-hydrogen) atoms. The van der Waals surface area contributed by atoms with E-state index in [1.54, 1.807) is 17.0 Å². The van der Waals surface area contributed by atoms with Crippen molar-refractivity contribution in [1.29, 1.82) is 0 Å². The van der Waals surface area contributed by atoms with Crippen LogP contribution in [0.15, 0.2) is 61.6 Å². The van der Waals surface area contributed by atoms with E-state index in [0.717, 1.165) is 4.68 Å². The predicted molar refractivity (Wildman–Crippen MR) is 176 cm³/mol. The topological polar surface area (TPSA) is 133 Å². The van der Waals surface area contributed by atoms with Crippen LogP contribution >= 0.6 is 0 Å². The van der Waals surface area contributed by atoms with Gasteiger partial charge in [-0.05, 0) is 50.3 Å². The molecule has 0 saturated carbocycles. The number of fused-ring (bicyclic) bond motifs is 1. The number of hydrogen-bond donors (Lipinski definition) is 2. The molecule has 1 fully saturated rings. The molecular weight excluding hydrogens is 602 g/mol. The van der Waals surface area contributed by atoms with Gasteiger partial charge >= 0.3 is 6.03 Å². The molecule has 0 bridgehead atoms. The third-order valence-electron chi connectivity index (χ3n) is 6.88. The van der Waals surface area contributed by atoms with Crippen molar-refractivity contribution in [2.24, 2.45) is 0 Å². The SMILES string of the molecule is [B]C([B])([B])Oc1cc2ncnc(Nc3ccc(Oc4ccn(C(=O)NC(C)(C)C)n4)cc3F)c2cc1OC1CCN(C(=O)C=C)CC1. The maximum Gasteiger partial charge on any atom is 0.342 e. The first-order chi connectivity index (χ1) is 22.2. The molecule has 0 unspecified atom stereocenters. The Labute approximate surface area is 275 Å². The number of rotatable bonds is 9. The fourth-order valence-corrected chi connectivity index (χ4v) is 4.79. The maximum atomic E-state index is 15.3. The normalized spacial score (nSPS) is 14.0. The Morgan fingerprint density at radius 1 is 1.06 bits per heavy atom. The lowest BCUT2D eigenvalue weighted by Crippen LogP contribution is -2.43. The van der Waals surface area contributed by atoms with Crippen LogP contribution in [0.2, 0.25) is 0 Å². The fraction of sp³-hybridized carbons (Fsp3) is 0.323. The van der Waals surface area contributed by atoms with Crippen LogP contribution in [0, 0.1) is 5.82 Å². The molecule has 2 aromatic heterocycles. The molecular formula is C31H31B3FN7O5. The lowest BCUT2D eigenvalue weighted by atomic mass is 9.52. The molecule has 1 aliphatic rings. The van der Waals surface area contributed by atoms with Crippen LogP contribution in [0.1, 0.15) is 33.6 Å².